The van der Waals surface area contributed by atoms with E-state index in [0.717, 1.165) is 27.7 Å². The maximum atomic E-state index is 11.9. The summed E-state index contributed by atoms with van der Waals surface area (Å²) >= 11 is 0. The summed E-state index contributed by atoms with van der Waals surface area (Å²) in [5.41, 5.74) is 3.60. The van der Waals surface area contributed by atoms with E-state index < -0.39 is 12.0 Å². The molecule has 0 saturated heterocycles. The molecular weight excluding hydrogens is 432 g/mol. The van der Waals surface area contributed by atoms with Gasteiger partial charge in [0.05, 0.1) is 5.69 Å². The fraction of sp³-hybridized carbons (Fsp3) is 0.120. The van der Waals surface area contributed by atoms with Crippen LogP contribution in [0, 0.1) is 0 Å². The third-order valence-corrected chi connectivity index (χ3v) is 5.50. The number of benzene rings is 3. The van der Waals surface area contributed by atoms with Gasteiger partial charge in [-0.3, -0.25) is 4.79 Å². The van der Waals surface area contributed by atoms with Gasteiger partial charge in [-0.1, -0.05) is 53.6 Å². The second-order valence-corrected chi connectivity index (χ2v) is 7.79. The minimum absolute atomic E-state index is 0.235. The van der Waals surface area contributed by atoms with E-state index in [0.29, 0.717) is 18.7 Å². The minimum atomic E-state index is -0.903. The van der Waals surface area contributed by atoms with E-state index >= 15 is 0 Å². The molecule has 0 amide bonds. The molecule has 0 aliphatic carbocycles. The summed E-state index contributed by atoms with van der Waals surface area (Å²) in [5, 5.41) is 25.6. The van der Waals surface area contributed by atoms with Crippen molar-refractivity contribution in [2.24, 2.45) is 0 Å². The van der Waals surface area contributed by atoms with Crippen LogP contribution < -0.4 is 10.1 Å². The third kappa shape index (κ3) is 4.64. The lowest BCUT2D eigenvalue weighted by atomic mass is 10.0. The van der Waals surface area contributed by atoms with Crippen molar-refractivity contribution in [3.8, 4) is 17.4 Å². The molecule has 2 aromatic heterocycles. The number of aliphatic carboxylic acids is 1. The van der Waals surface area contributed by atoms with Crippen LogP contribution in [0.4, 0.5) is 0 Å². The number of nitrogens with zero attached hydrogens (tertiary/aromatic N) is 4. The fourth-order valence-corrected chi connectivity index (χ4v) is 3.81. The summed E-state index contributed by atoms with van der Waals surface area (Å²) in [7, 11) is 0. The zero-order valence-corrected chi connectivity index (χ0v) is 18.1. The molecule has 9 nitrogen and oxygen atoms in total. The van der Waals surface area contributed by atoms with Gasteiger partial charge in [-0.25, -0.2) is 0 Å². The van der Waals surface area contributed by atoms with Gasteiger partial charge in [0.15, 0.2) is 0 Å². The number of H-pyrrole nitrogens is 1. The molecule has 34 heavy (non-hydrogen) atoms. The van der Waals surface area contributed by atoms with Gasteiger partial charge in [0.2, 0.25) is 0 Å². The first-order chi connectivity index (χ1) is 16.7. The van der Waals surface area contributed by atoms with Gasteiger partial charge in [-0.15, -0.1) is 0 Å². The van der Waals surface area contributed by atoms with E-state index in [1.165, 1.54) is 4.68 Å². The highest BCUT2D eigenvalue weighted by Gasteiger charge is 2.19. The van der Waals surface area contributed by atoms with Crippen molar-refractivity contribution < 1.29 is 14.6 Å². The second kappa shape index (κ2) is 9.55. The van der Waals surface area contributed by atoms with Crippen molar-refractivity contribution in [2.45, 2.75) is 19.0 Å². The maximum absolute atomic E-state index is 11.9. The molecule has 0 aliphatic rings. The highest BCUT2D eigenvalue weighted by Crippen LogP contribution is 2.23. The van der Waals surface area contributed by atoms with Crippen LogP contribution in [0.2, 0.25) is 0 Å². The Morgan fingerprint density at radius 1 is 1.06 bits per heavy atom. The zero-order chi connectivity index (χ0) is 23.3. The number of aromatic nitrogens is 5. The van der Waals surface area contributed by atoms with Gasteiger partial charge in [0, 0.05) is 30.1 Å². The molecule has 0 spiro atoms. The van der Waals surface area contributed by atoms with Crippen LogP contribution >= 0.6 is 0 Å². The molecule has 3 aromatic carbocycles. The van der Waals surface area contributed by atoms with Crippen LogP contribution in [0.3, 0.4) is 0 Å². The Morgan fingerprint density at radius 3 is 2.74 bits per heavy atom. The van der Waals surface area contributed by atoms with Crippen LogP contribution in [0.5, 0.6) is 11.8 Å². The number of nitrogens with one attached hydrogen (secondary N) is 2. The average molecular weight is 454 g/mol. The Morgan fingerprint density at radius 2 is 1.88 bits per heavy atom. The van der Waals surface area contributed by atoms with Gasteiger partial charge < -0.3 is 20.1 Å². The van der Waals surface area contributed by atoms with E-state index in [-0.39, 0.29) is 6.01 Å². The molecule has 0 bridgehead atoms. The number of fused-ring (bicyclic) bond motifs is 1. The molecule has 0 fully saturated rings. The van der Waals surface area contributed by atoms with Crippen molar-refractivity contribution in [3.05, 3.63) is 96.2 Å². The minimum Gasteiger partial charge on any atom is -0.480 e. The fourth-order valence-electron chi connectivity index (χ4n) is 3.81. The first-order valence-corrected chi connectivity index (χ1v) is 10.8. The lowest BCUT2D eigenvalue weighted by molar-refractivity contribution is -0.139. The highest BCUT2D eigenvalue weighted by molar-refractivity contribution is 5.84. The second-order valence-electron chi connectivity index (χ2n) is 7.79. The van der Waals surface area contributed by atoms with Crippen molar-refractivity contribution >= 4 is 16.9 Å². The number of carboxylic acid groups (broad SMARTS) is 1. The smallest absolute Gasteiger partial charge is 0.345 e. The molecule has 1 atom stereocenters. The summed E-state index contributed by atoms with van der Waals surface area (Å²) in [6.07, 6.45) is 2.23. The SMILES string of the molecule is O=C(O)[C@H](Cc1c[nH]c2ccccc12)NCc1cccc(Oc2nnnn2-c2ccccc2)c1. The number of hydrogen-bond acceptors (Lipinski definition) is 6. The quantitative estimate of drug-likeness (QED) is 0.311. The Balaban J connectivity index is 1.27. The molecule has 170 valence electrons. The molecule has 2 heterocycles. The van der Waals surface area contributed by atoms with Crippen LogP contribution in [0.25, 0.3) is 16.6 Å². The van der Waals surface area contributed by atoms with E-state index in [9.17, 15) is 9.90 Å². The van der Waals surface area contributed by atoms with Crippen molar-refractivity contribution in [2.75, 3.05) is 0 Å². The third-order valence-electron chi connectivity index (χ3n) is 5.50. The van der Waals surface area contributed by atoms with Crippen LogP contribution in [-0.4, -0.2) is 42.3 Å². The first kappa shape index (κ1) is 21.4. The molecule has 0 aliphatic heterocycles. The number of aromatic amines is 1. The number of ether oxygens (including phenoxy) is 1. The summed E-state index contributed by atoms with van der Waals surface area (Å²) in [5.74, 6) is -0.352. The number of tetrazole rings is 1. The van der Waals surface area contributed by atoms with Gasteiger partial charge in [0.25, 0.3) is 0 Å². The zero-order valence-electron chi connectivity index (χ0n) is 18.1. The number of rotatable bonds is 9. The normalized spacial score (nSPS) is 12.0. The van der Waals surface area contributed by atoms with Gasteiger partial charge in [-0.2, -0.15) is 4.68 Å². The van der Waals surface area contributed by atoms with Gasteiger partial charge >= 0.3 is 12.0 Å². The molecular formula is C25H22N6O3. The Hall–Kier alpha value is -4.50. The number of carboxylic acids is 1. The summed E-state index contributed by atoms with van der Waals surface area (Å²) in [6.45, 7) is 0.361. The largest absolute Gasteiger partial charge is 0.480 e. The number of hydrogen-bond donors (Lipinski definition) is 3. The summed E-state index contributed by atoms with van der Waals surface area (Å²) in [4.78, 5) is 15.1. The lowest BCUT2D eigenvalue weighted by Crippen LogP contribution is -2.38. The van der Waals surface area contributed by atoms with Crippen LogP contribution in [0.15, 0.2) is 85.1 Å². The molecule has 5 rings (SSSR count). The maximum Gasteiger partial charge on any atom is 0.345 e. The summed E-state index contributed by atoms with van der Waals surface area (Å²) in [6, 6.07) is 24.2. The van der Waals surface area contributed by atoms with Crippen molar-refractivity contribution in [3.63, 3.8) is 0 Å². The predicted octanol–water partition coefficient (Wildman–Crippen LogP) is 3.72. The lowest BCUT2D eigenvalue weighted by Gasteiger charge is -2.15. The summed E-state index contributed by atoms with van der Waals surface area (Å²) < 4.78 is 7.42. The molecule has 0 unspecified atom stereocenters. The highest BCUT2D eigenvalue weighted by atomic mass is 16.5. The Bertz CT molecular complexity index is 1410. The van der Waals surface area contributed by atoms with Gasteiger partial charge in [0.1, 0.15) is 11.8 Å². The Labute approximate surface area is 195 Å². The first-order valence-electron chi connectivity index (χ1n) is 10.8. The average Bonchev–Trinajstić information content (AvgIpc) is 3.49. The molecule has 3 N–H and O–H groups in total. The molecule has 5 aromatic rings. The standard InChI is InChI=1S/C25H22N6O3/c32-24(33)23(14-18-16-27-22-12-5-4-11-21(18)22)26-15-17-7-6-10-20(13-17)34-25-28-29-30-31(25)19-8-2-1-3-9-19/h1-13,16,23,26-27H,14-15H2,(H,32,33)/t23-/m0/s1. The van der Waals surface area contributed by atoms with E-state index in [2.05, 4.69) is 25.8 Å². The van der Waals surface area contributed by atoms with Gasteiger partial charge in [-0.05, 0) is 51.9 Å². The number of para-hydroxylation sites is 2. The van der Waals surface area contributed by atoms with E-state index in [1.807, 2.05) is 79.0 Å². The topological polar surface area (TPSA) is 118 Å². The van der Waals surface area contributed by atoms with Crippen LogP contribution in [-0.2, 0) is 17.8 Å². The Kier molecular flexibility index (Phi) is 6.00. The molecule has 0 radical (unpaired) electrons. The van der Waals surface area contributed by atoms with Crippen LogP contribution in [0.1, 0.15) is 11.1 Å². The predicted molar refractivity (Wildman–Crippen MR) is 126 cm³/mol. The van der Waals surface area contributed by atoms with E-state index in [1.54, 1.807) is 6.07 Å². The van der Waals surface area contributed by atoms with E-state index in [4.69, 9.17) is 4.74 Å². The molecule has 0 saturated carbocycles. The van der Waals surface area contributed by atoms with Crippen molar-refractivity contribution in [1.82, 2.24) is 30.5 Å². The van der Waals surface area contributed by atoms with Crippen molar-refractivity contribution in [1.29, 1.82) is 0 Å². The molecule has 9 heteroatoms. The monoisotopic (exact) mass is 454 g/mol. The number of carbonyl (C=O) groups is 1.